The average molecular weight is 347 g/mol. The van der Waals surface area contributed by atoms with Gasteiger partial charge in [0.15, 0.2) is 0 Å². The Balaban J connectivity index is 1.70. The van der Waals surface area contributed by atoms with Crippen molar-refractivity contribution in [2.24, 2.45) is 13.0 Å². The molecule has 1 atom stereocenters. The van der Waals surface area contributed by atoms with Crippen molar-refractivity contribution < 1.29 is 8.42 Å². The summed E-state index contributed by atoms with van der Waals surface area (Å²) in [5.41, 5.74) is 0.668. The van der Waals surface area contributed by atoms with E-state index >= 15 is 0 Å². The molecule has 0 aliphatic heterocycles. The lowest BCUT2D eigenvalue weighted by Gasteiger charge is -2.18. The van der Waals surface area contributed by atoms with Crippen LogP contribution in [0.1, 0.15) is 24.7 Å². The highest BCUT2D eigenvalue weighted by molar-refractivity contribution is 7.89. The quantitative estimate of drug-likeness (QED) is 0.639. The highest BCUT2D eigenvalue weighted by Crippen LogP contribution is 2.41. The molecule has 1 aliphatic carbocycles. The van der Waals surface area contributed by atoms with E-state index in [2.05, 4.69) is 19.7 Å². The van der Waals surface area contributed by atoms with E-state index in [1.807, 2.05) is 11.6 Å². The van der Waals surface area contributed by atoms with Gasteiger partial charge < -0.3 is 14.5 Å². The fourth-order valence-electron chi connectivity index (χ4n) is 2.88. The number of rotatable bonds is 5. The molecule has 1 saturated carbocycles. The van der Waals surface area contributed by atoms with Crippen LogP contribution in [-0.4, -0.2) is 27.9 Å². The molecule has 2 heterocycles. The van der Waals surface area contributed by atoms with Gasteiger partial charge >= 0.3 is 5.69 Å². The number of nitrogens with zero attached hydrogens (tertiary/aromatic N) is 2. The van der Waals surface area contributed by atoms with Gasteiger partial charge in [-0.2, -0.15) is 0 Å². The first-order valence-corrected chi connectivity index (χ1v) is 9.14. The molecule has 1 aromatic carbocycles. The maximum atomic E-state index is 12.8. The summed E-state index contributed by atoms with van der Waals surface area (Å²) in [4.78, 5) is 20.9. The molecule has 8 nitrogen and oxygen atoms in total. The number of benzene rings is 1. The summed E-state index contributed by atoms with van der Waals surface area (Å²) >= 11 is 0. The molecule has 2 aromatic heterocycles. The predicted molar refractivity (Wildman–Crippen MR) is 87.9 cm³/mol. The van der Waals surface area contributed by atoms with E-state index in [-0.39, 0.29) is 22.5 Å². The molecule has 0 radical (unpaired) electrons. The molecule has 0 saturated heterocycles. The lowest BCUT2D eigenvalue weighted by atomic mass is 10.2. The summed E-state index contributed by atoms with van der Waals surface area (Å²) in [6.45, 7) is 0. The summed E-state index contributed by atoms with van der Waals surface area (Å²) in [6, 6.07) is 4.17. The Morgan fingerprint density at radius 1 is 1.29 bits per heavy atom. The highest BCUT2D eigenvalue weighted by atomic mass is 32.2. The number of hydrogen-bond donors (Lipinski definition) is 3. The molecule has 1 fully saturated rings. The standard InChI is InChI=1S/C15H17N5O3S/c1-20-7-6-16-14(20)13(9-2-3-9)19-24(22,23)10-4-5-11-12(8-10)18-15(21)17-11/h4-9,13,19H,2-3H2,1H3,(H2,17,18,21). The maximum absolute atomic E-state index is 12.8. The summed E-state index contributed by atoms with van der Waals surface area (Å²) in [5.74, 6) is 0.967. The zero-order valence-corrected chi connectivity index (χ0v) is 13.8. The van der Waals surface area contributed by atoms with Gasteiger partial charge in [-0.3, -0.25) is 0 Å². The van der Waals surface area contributed by atoms with Crippen molar-refractivity contribution in [2.75, 3.05) is 0 Å². The minimum atomic E-state index is -3.73. The molecule has 1 unspecified atom stereocenters. The molecule has 1 aliphatic rings. The molecule has 3 N–H and O–H groups in total. The number of imidazole rings is 2. The number of nitrogens with one attached hydrogen (secondary N) is 3. The molecule has 3 aromatic rings. The second-order valence-electron chi connectivity index (χ2n) is 6.12. The van der Waals surface area contributed by atoms with Crippen molar-refractivity contribution >= 4 is 21.1 Å². The van der Waals surface area contributed by atoms with Crippen molar-refractivity contribution in [1.29, 1.82) is 0 Å². The zero-order valence-electron chi connectivity index (χ0n) is 13.0. The van der Waals surface area contributed by atoms with Crippen molar-refractivity contribution in [2.45, 2.75) is 23.8 Å². The van der Waals surface area contributed by atoms with Gasteiger partial charge in [-0.25, -0.2) is 22.9 Å². The first-order chi connectivity index (χ1) is 11.4. The third kappa shape index (κ3) is 2.65. The third-order valence-corrected chi connectivity index (χ3v) is 5.75. The fourth-order valence-corrected chi connectivity index (χ4v) is 4.17. The van der Waals surface area contributed by atoms with E-state index in [0.29, 0.717) is 16.9 Å². The lowest BCUT2D eigenvalue weighted by molar-refractivity contribution is 0.500. The molecule has 0 bridgehead atoms. The Bertz CT molecular complexity index is 1060. The van der Waals surface area contributed by atoms with Gasteiger partial charge in [-0.1, -0.05) is 0 Å². The zero-order chi connectivity index (χ0) is 16.9. The van der Waals surface area contributed by atoms with Gasteiger partial charge in [-0.15, -0.1) is 0 Å². The minimum absolute atomic E-state index is 0.116. The van der Waals surface area contributed by atoms with Crippen LogP contribution >= 0.6 is 0 Å². The van der Waals surface area contributed by atoms with E-state index in [4.69, 9.17) is 0 Å². The van der Waals surface area contributed by atoms with E-state index in [1.165, 1.54) is 12.1 Å². The van der Waals surface area contributed by atoms with Gasteiger partial charge in [0, 0.05) is 19.4 Å². The molecule has 0 amide bonds. The average Bonchev–Trinajstić information content (AvgIpc) is 3.17. The van der Waals surface area contributed by atoms with Crippen LogP contribution in [0.2, 0.25) is 0 Å². The van der Waals surface area contributed by atoms with Crippen molar-refractivity contribution in [3.05, 3.63) is 46.9 Å². The minimum Gasteiger partial charge on any atom is -0.337 e. The second kappa shape index (κ2) is 5.32. The van der Waals surface area contributed by atoms with Gasteiger partial charge in [0.1, 0.15) is 5.82 Å². The van der Waals surface area contributed by atoms with Gasteiger partial charge in [0.05, 0.1) is 22.0 Å². The number of aromatic amines is 2. The number of H-pyrrole nitrogens is 2. The topological polar surface area (TPSA) is 113 Å². The SMILES string of the molecule is Cn1ccnc1C(NS(=O)(=O)c1ccc2[nH]c(=O)[nH]c2c1)C1CC1. The van der Waals surface area contributed by atoms with Crippen LogP contribution in [0, 0.1) is 5.92 Å². The molecular formula is C15H17N5O3S. The van der Waals surface area contributed by atoms with Crippen LogP contribution in [0.5, 0.6) is 0 Å². The summed E-state index contributed by atoms with van der Waals surface area (Å²) in [6.07, 6.45) is 5.42. The van der Waals surface area contributed by atoms with Crippen molar-refractivity contribution in [1.82, 2.24) is 24.2 Å². The Kier molecular flexibility index (Phi) is 3.36. The Hall–Kier alpha value is -2.39. The summed E-state index contributed by atoms with van der Waals surface area (Å²) in [7, 11) is -1.88. The van der Waals surface area contributed by atoms with Gasteiger partial charge in [0.2, 0.25) is 10.0 Å². The van der Waals surface area contributed by atoms with Gasteiger partial charge in [-0.05, 0) is 37.0 Å². The summed E-state index contributed by atoms with van der Waals surface area (Å²) < 4.78 is 30.2. The van der Waals surface area contributed by atoms with Crippen LogP contribution < -0.4 is 10.4 Å². The number of fused-ring (bicyclic) bond motifs is 1. The van der Waals surface area contributed by atoms with E-state index in [9.17, 15) is 13.2 Å². The molecule has 9 heteroatoms. The second-order valence-corrected chi connectivity index (χ2v) is 7.83. The normalized spacial score (nSPS) is 16.5. The smallest absolute Gasteiger partial charge is 0.323 e. The monoisotopic (exact) mass is 347 g/mol. The van der Waals surface area contributed by atoms with Crippen LogP contribution in [0.4, 0.5) is 0 Å². The van der Waals surface area contributed by atoms with Crippen molar-refractivity contribution in [3.8, 4) is 0 Å². The van der Waals surface area contributed by atoms with Crippen LogP contribution in [0.25, 0.3) is 11.0 Å². The number of sulfonamides is 1. The number of hydrogen-bond acceptors (Lipinski definition) is 4. The van der Waals surface area contributed by atoms with E-state index in [0.717, 1.165) is 12.8 Å². The van der Waals surface area contributed by atoms with Crippen LogP contribution in [0.15, 0.2) is 40.3 Å². The predicted octanol–water partition coefficient (Wildman–Crippen LogP) is 1.02. The molecule has 126 valence electrons. The lowest BCUT2D eigenvalue weighted by Crippen LogP contribution is -2.31. The highest BCUT2D eigenvalue weighted by Gasteiger charge is 2.37. The maximum Gasteiger partial charge on any atom is 0.323 e. The Morgan fingerprint density at radius 3 is 2.71 bits per heavy atom. The Morgan fingerprint density at radius 2 is 2.04 bits per heavy atom. The molecule has 0 spiro atoms. The summed E-state index contributed by atoms with van der Waals surface area (Å²) in [5, 5.41) is 0. The first kappa shape index (κ1) is 15.2. The molecule has 4 rings (SSSR count). The van der Waals surface area contributed by atoms with Crippen molar-refractivity contribution in [3.63, 3.8) is 0 Å². The fraction of sp³-hybridized carbons (Fsp3) is 0.333. The Labute approximate surface area is 138 Å². The van der Waals surface area contributed by atoms with Gasteiger partial charge in [0.25, 0.3) is 0 Å². The molecule has 24 heavy (non-hydrogen) atoms. The van der Waals surface area contributed by atoms with E-state index < -0.39 is 10.0 Å². The van der Waals surface area contributed by atoms with Crippen LogP contribution in [-0.2, 0) is 17.1 Å². The number of aromatic nitrogens is 4. The molecular weight excluding hydrogens is 330 g/mol. The third-order valence-electron chi connectivity index (χ3n) is 4.31. The largest absolute Gasteiger partial charge is 0.337 e. The first-order valence-electron chi connectivity index (χ1n) is 7.66. The number of aryl methyl sites for hydroxylation is 1. The van der Waals surface area contributed by atoms with Crippen LogP contribution in [0.3, 0.4) is 0 Å². The van der Waals surface area contributed by atoms with E-state index in [1.54, 1.807) is 18.5 Å².